The first-order valence-electron chi connectivity index (χ1n) is 8.99. The third kappa shape index (κ3) is 3.10. The Morgan fingerprint density at radius 2 is 1.96 bits per heavy atom. The van der Waals surface area contributed by atoms with Gasteiger partial charge in [0.1, 0.15) is 5.82 Å². The summed E-state index contributed by atoms with van der Waals surface area (Å²) in [6.07, 6.45) is -3.80. The van der Waals surface area contributed by atoms with Gasteiger partial charge in [-0.05, 0) is 30.9 Å². The maximum atomic E-state index is 13.1. The second-order valence-corrected chi connectivity index (χ2v) is 6.99. The zero-order valence-electron chi connectivity index (χ0n) is 15.5. The lowest BCUT2D eigenvalue weighted by molar-refractivity contribution is -0.141. The number of hydrogen-bond donors (Lipinski definition) is 1. The number of halogens is 3. The molecule has 0 aliphatic carbocycles. The predicted octanol–water partition coefficient (Wildman–Crippen LogP) is 4.14. The van der Waals surface area contributed by atoms with Gasteiger partial charge in [0, 0.05) is 36.9 Å². The smallest absolute Gasteiger partial charge is 0.343 e. The lowest BCUT2D eigenvalue weighted by Gasteiger charge is -2.21. The summed E-state index contributed by atoms with van der Waals surface area (Å²) in [5, 5.41) is 7.24. The molecule has 0 saturated heterocycles. The molecule has 4 rings (SSSR count). The molecule has 3 heterocycles. The van der Waals surface area contributed by atoms with Crippen LogP contribution in [0.2, 0.25) is 0 Å². The van der Waals surface area contributed by atoms with E-state index in [0.29, 0.717) is 13.1 Å². The van der Waals surface area contributed by atoms with Crippen molar-refractivity contribution in [3.8, 4) is 0 Å². The Morgan fingerprint density at radius 3 is 2.68 bits per heavy atom. The van der Waals surface area contributed by atoms with E-state index in [1.807, 2.05) is 24.3 Å². The van der Waals surface area contributed by atoms with Crippen molar-refractivity contribution in [1.29, 1.82) is 0 Å². The zero-order valence-corrected chi connectivity index (χ0v) is 15.5. The molecule has 0 spiro atoms. The molecule has 3 aromatic rings. The zero-order chi connectivity index (χ0) is 20.1. The van der Waals surface area contributed by atoms with Crippen LogP contribution in [0.4, 0.5) is 23.8 Å². The van der Waals surface area contributed by atoms with Crippen LogP contribution < -0.4 is 5.32 Å². The van der Waals surface area contributed by atoms with Crippen LogP contribution >= 0.6 is 0 Å². The fourth-order valence-corrected chi connectivity index (χ4v) is 3.78. The largest absolute Gasteiger partial charge is 0.435 e. The van der Waals surface area contributed by atoms with Crippen LogP contribution in [0.25, 0.3) is 10.9 Å². The summed E-state index contributed by atoms with van der Waals surface area (Å²) < 4.78 is 42.4. The van der Waals surface area contributed by atoms with E-state index in [2.05, 4.69) is 21.0 Å². The van der Waals surface area contributed by atoms with E-state index in [0.717, 1.165) is 34.2 Å². The molecule has 2 aromatic heterocycles. The maximum absolute atomic E-state index is 13.1. The fourth-order valence-electron chi connectivity index (χ4n) is 3.78. The normalized spacial score (nSPS) is 14.8. The molecule has 0 saturated carbocycles. The van der Waals surface area contributed by atoms with Gasteiger partial charge in [-0.3, -0.25) is 10.00 Å². The van der Waals surface area contributed by atoms with E-state index < -0.39 is 17.9 Å². The molecule has 2 amide bonds. The highest BCUT2D eigenvalue weighted by Crippen LogP contribution is 2.34. The van der Waals surface area contributed by atoms with Crippen LogP contribution in [0.1, 0.15) is 23.4 Å². The molecule has 1 N–H and O–H groups in total. The number of urea groups is 1. The summed E-state index contributed by atoms with van der Waals surface area (Å²) in [5.41, 5.74) is 1.05. The van der Waals surface area contributed by atoms with E-state index in [1.54, 1.807) is 4.90 Å². The molecule has 1 aliphatic rings. The van der Waals surface area contributed by atoms with Crippen LogP contribution in [-0.2, 0) is 26.3 Å². The minimum atomic E-state index is -4.56. The summed E-state index contributed by atoms with van der Waals surface area (Å²) in [6, 6.07) is 9.65. The van der Waals surface area contributed by atoms with E-state index >= 15 is 0 Å². The summed E-state index contributed by atoms with van der Waals surface area (Å²) in [6.45, 7) is 3.01. The molecule has 1 aromatic carbocycles. The van der Waals surface area contributed by atoms with E-state index in [9.17, 15) is 18.0 Å². The Hall–Kier alpha value is -2.97. The van der Waals surface area contributed by atoms with Crippen LogP contribution in [0.5, 0.6) is 0 Å². The van der Waals surface area contributed by atoms with Crippen LogP contribution in [0.15, 0.2) is 30.3 Å². The van der Waals surface area contributed by atoms with Gasteiger partial charge in [0.2, 0.25) is 0 Å². The predicted molar refractivity (Wildman–Crippen MR) is 98.9 cm³/mol. The number of para-hydroxylation sites is 1. The number of rotatable bonds is 1. The van der Waals surface area contributed by atoms with Crippen molar-refractivity contribution in [1.82, 2.24) is 19.2 Å². The number of anilines is 1. The van der Waals surface area contributed by atoms with Gasteiger partial charge in [0.25, 0.3) is 0 Å². The second-order valence-electron chi connectivity index (χ2n) is 6.99. The van der Waals surface area contributed by atoms with Crippen LogP contribution in [-0.4, -0.2) is 31.8 Å². The number of carbonyl (C=O) groups is 1. The first-order valence-corrected chi connectivity index (χ1v) is 8.99. The van der Waals surface area contributed by atoms with Crippen molar-refractivity contribution in [2.24, 2.45) is 7.05 Å². The van der Waals surface area contributed by atoms with Gasteiger partial charge in [-0.25, -0.2) is 4.79 Å². The molecule has 0 bridgehead atoms. The summed E-state index contributed by atoms with van der Waals surface area (Å²) in [5.74, 6) is 0.0575. The monoisotopic (exact) mass is 391 g/mol. The second kappa shape index (κ2) is 6.57. The molecule has 0 atom stereocenters. The average Bonchev–Trinajstić information content (AvgIpc) is 3.03. The fraction of sp³-hybridized carbons (Fsp3) is 0.368. The average molecular weight is 391 g/mol. The van der Waals surface area contributed by atoms with Gasteiger partial charge in [-0.1, -0.05) is 18.2 Å². The number of aryl methyl sites for hydroxylation is 2. The van der Waals surface area contributed by atoms with Crippen molar-refractivity contribution in [3.63, 3.8) is 0 Å². The SMILES string of the molecule is Cc1c(C(F)(F)F)nn(C)c1NC(=O)N1CCCn2c(cc3ccccc32)C1. The standard InChI is InChI=1S/C19H20F3N5O/c1-12-16(19(20,21)22)24-25(2)17(12)23-18(28)26-8-5-9-27-14(11-26)10-13-6-3-4-7-15(13)27/h3-4,6-7,10H,5,8-9,11H2,1-2H3,(H,23,28). The maximum Gasteiger partial charge on any atom is 0.435 e. The Kier molecular flexibility index (Phi) is 4.32. The Bertz CT molecular complexity index is 1050. The van der Waals surface area contributed by atoms with Gasteiger partial charge in [0.15, 0.2) is 5.69 Å². The molecule has 0 unspecified atom stereocenters. The Morgan fingerprint density at radius 1 is 1.21 bits per heavy atom. The molecular formula is C19H20F3N5O. The number of fused-ring (bicyclic) bond motifs is 3. The number of nitrogens with one attached hydrogen (secondary N) is 1. The molecule has 0 radical (unpaired) electrons. The molecule has 6 nitrogen and oxygen atoms in total. The minimum Gasteiger partial charge on any atom is -0.343 e. The first-order chi connectivity index (χ1) is 13.3. The lowest BCUT2D eigenvalue weighted by atomic mass is 10.2. The molecule has 9 heteroatoms. The number of nitrogens with zero attached hydrogens (tertiary/aromatic N) is 4. The topological polar surface area (TPSA) is 55.1 Å². The van der Waals surface area contributed by atoms with Crippen LogP contribution in [0, 0.1) is 6.92 Å². The van der Waals surface area contributed by atoms with Crippen LogP contribution in [0.3, 0.4) is 0 Å². The molecular weight excluding hydrogens is 371 g/mol. The summed E-state index contributed by atoms with van der Waals surface area (Å²) >= 11 is 0. The number of aromatic nitrogens is 3. The molecule has 28 heavy (non-hydrogen) atoms. The van der Waals surface area contributed by atoms with Crippen molar-refractivity contribution >= 4 is 22.8 Å². The van der Waals surface area contributed by atoms with Gasteiger partial charge in [-0.2, -0.15) is 18.3 Å². The number of amides is 2. The van der Waals surface area contributed by atoms with Crippen molar-refractivity contribution in [2.75, 3.05) is 11.9 Å². The Labute approximate surface area is 159 Å². The number of hydrogen-bond acceptors (Lipinski definition) is 2. The third-order valence-electron chi connectivity index (χ3n) is 5.12. The third-order valence-corrected chi connectivity index (χ3v) is 5.12. The first kappa shape index (κ1) is 18.4. The van der Waals surface area contributed by atoms with E-state index in [1.165, 1.54) is 14.0 Å². The van der Waals surface area contributed by atoms with Crippen molar-refractivity contribution < 1.29 is 18.0 Å². The molecule has 1 aliphatic heterocycles. The highest BCUT2D eigenvalue weighted by atomic mass is 19.4. The number of benzene rings is 1. The highest BCUT2D eigenvalue weighted by Gasteiger charge is 2.38. The van der Waals surface area contributed by atoms with Crippen molar-refractivity contribution in [3.05, 3.63) is 47.3 Å². The number of alkyl halides is 3. The van der Waals surface area contributed by atoms with Gasteiger partial charge < -0.3 is 9.47 Å². The van der Waals surface area contributed by atoms with E-state index in [4.69, 9.17) is 0 Å². The summed E-state index contributed by atoms with van der Waals surface area (Å²) in [7, 11) is 1.39. The van der Waals surface area contributed by atoms with Gasteiger partial charge >= 0.3 is 12.2 Å². The molecule has 148 valence electrons. The minimum absolute atomic E-state index is 0.0575. The summed E-state index contributed by atoms with van der Waals surface area (Å²) in [4.78, 5) is 14.4. The lowest BCUT2D eigenvalue weighted by Crippen LogP contribution is -2.35. The van der Waals surface area contributed by atoms with Gasteiger partial charge in [-0.15, -0.1) is 0 Å². The molecule has 0 fully saturated rings. The number of carbonyl (C=O) groups excluding carboxylic acids is 1. The quantitative estimate of drug-likeness (QED) is 0.678. The van der Waals surface area contributed by atoms with Crippen molar-refractivity contribution in [2.45, 2.75) is 32.6 Å². The van der Waals surface area contributed by atoms with E-state index in [-0.39, 0.29) is 11.4 Å². The Balaban J connectivity index is 1.58. The van der Waals surface area contributed by atoms with Gasteiger partial charge in [0.05, 0.1) is 6.54 Å². The highest BCUT2D eigenvalue weighted by molar-refractivity contribution is 5.89.